The van der Waals surface area contributed by atoms with Crippen molar-refractivity contribution in [3.05, 3.63) is 60.4 Å². The molecule has 1 aliphatic heterocycles. The van der Waals surface area contributed by atoms with Crippen LogP contribution < -0.4 is 31.3 Å². The van der Waals surface area contributed by atoms with Gasteiger partial charge in [0.2, 0.25) is 0 Å². The fraction of sp³-hybridized carbons (Fsp3) is 0.261. The number of nitrogens with two attached hydrogens (primary N) is 1. The van der Waals surface area contributed by atoms with Gasteiger partial charge in [0.15, 0.2) is 0 Å². The van der Waals surface area contributed by atoms with E-state index in [2.05, 4.69) is 30.8 Å². The summed E-state index contributed by atoms with van der Waals surface area (Å²) in [6.45, 7) is 6.31. The van der Waals surface area contributed by atoms with Gasteiger partial charge in [-0.05, 0) is 31.2 Å². The second-order valence-electron chi connectivity index (χ2n) is 7.30. The minimum Gasteiger partial charge on any atom is -0.492 e. The molecule has 5 N–H and O–H groups in total. The molecule has 1 saturated heterocycles. The zero-order valence-corrected chi connectivity index (χ0v) is 18.0. The normalized spacial score (nSPS) is 13.5. The fourth-order valence-corrected chi connectivity index (χ4v) is 3.52. The number of carbonyl (C=O) groups is 1. The lowest BCUT2D eigenvalue weighted by Crippen LogP contribution is -2.43. The Hall–Kier alpha value is -3.85. The van der Waals surface area contributed by atoms with Gasteiger partial charge in [-0.1, -0.05) is 12.1 Å². The largest absolute Gasteiger partial charge is 0.492 e. The molecule has 2 aromatic heterocycles. The quantitative estimate of drug-likeness (QED) is 0.428. The highest BCUT2D eigenvalue weighted by Gasteiger charge is 2.14. The molecule has 3 aromatic rings. The van der Waals surface area contributed by atoms with Crippen LogP contribution in [0.25, 0.3) is 0 Å². The standard InChI is InChI=1S/C23H27N7O2/c1-2-32-20-6-4-3-5-18(20)28-19-13-22(27-15-17(19)23(24)31)29-21-8-7-16(14-26-21)30-11-9-25-10-12-30/h3-8,13-15,25H,2,9-12H2,1H3,(H2,24,31)(H2,26,27,28,29). The van der Waals surface area contributed by atoms with Crippen LogP contribution in [0.1, 0.15) is 17.3 Å². The van der Waals surface area contributed by atoms with E-state index in [1.165, 1.54) is 6.20 Å². The van der Waals surface area contributed by atoms with Crippen molar-refractivity contribution in [1.82, 2.24) is 15.3 Å². The topological polar surface area (TPSA) is 117 Å². The van der Waals surface area contributed by atoms with E-state index >= 15 is 0 Å². The van der Waals surface area contributed by atoms with Crippen LogP contribution in [0.2, 0.25) is 0 Å². The van der Waals surface area contributed by atoms with Gasteiger partial charge in [-0.25, -0.2) is 9.97 Å². The van der Waals surface area contributed by atoms with Crippen molar-refractivity contribution in [3.8, 4) is 5.75 Å². The summed E-state index contributed by atoms with van der Waals surface area (Å²) in [6.07, 6.45) is 3.30. The first-order valence-corrected chi connectivity index (χ1v) is 10.6. The molecule has 166 valence electrons. The Morgan fingerprint density at radius 1 is 1.06 bits per heavy atom. The number of aromatic nitrogens is 2. The second kappa shape index (κ2) is 9.97. The average Bonchev–Trinajstić information content (AvgIpc) is 2.82. The van der Waals surface area contributed by atoms with Gasteiger partial charge in [0.25, 0.3) is 5.91 Å². The van der Waals surface area contributed by atoms with Crippen LogP contribution in [-0.2, 0) is 0 Å². The summed E-state index contributed by atoms with van der Waals surface area (Å²) in [6, 6.07) is 13.2. The lowest BCUT2D eigenvalue weighted by molar-refractivity contribution is 0.100. The number of anilines is 5. The van der Waals surface area contributed by atoms with E-state index in [4.69, 9.17) is 10.5 Å². The number of ether oxygens (including phenoxy) is 1. The summed E-state index contributed by atoms with van der Waals surface area (Å²) >= 11 is 0. The van der Waals surface area contributed by atoms with Crippen LogP contribution in [0.5, 0.6) is 5.75 Å². The SMILES string of the molecule is CCOc1ccccc1Nc1cc(Nc2ccc(N3CCNCC3)cn2)ncc1C(N)=O. The number of hydrogen-bond donors (Lipinski definition) is 4. The molecule has 0 aliphatic carbocycles. The van der Waals surface area contributed by atoms with Gasteiger partial charge in [0, 0.05) is 38.4 Å². The lowest BCUT2D eigenvalue weighted by atomic mass is 10.2. The molecule has 0 spiro atoms. The zero-order chi connectivity index (χ0) is 22.3. The molecule has 0 saturated carbocycles. The van der Waals surface area contributed by atoms with Gasteiger partial charge >= 0.3 is 0 Å². The maximum atomic E-state index is 11.9. The molecule has 0 unspecified atom stereocenters. The van der Waals surface area contributed by atoms with Gasteiger partial charge in [-0.3, -0.25) is 4.79 Å². The molecule has 0 atom stereocenters. The monoisotopic (exact) mass is 433 g/mol. The highest BCUT2D eigenvalue weighted by atomic mass is 16.5. The van der Waals surface area contributed by atoms with Gasteiger partial charge in [0.1, 0.15) is 17.4 Å². The Morgan fingerprint density at radius 2 is 1.84 bits per heavy atom. The predicted octanol–water partition coefficient (Wildman–Crippen LogP) is 2.87. The van der Waals surface area contributed by atoms with E-state index in [0.717, 1.165) is 37.6 Å². The second-order valence-corrected chi connectivity index (χ2v) is 7.30. The van der Waals surface area contributed by atoms with Crippen LogP contribution >= 0.6 is 0 Å². The number of rotatable bonds is 8. The molecule has 0 radical (unpaired) electrons. The van der Waals surface area contributed by atoms with Crippen molar-refractivity contribution < 1.29 is 9.53 Å². The number of amides is 1. The Balaban J connectivity index is 1.54. The Labute approximate surface area is 187 Å². The highest BCUT2D eigenvalue weighted by molar-refractivity contribution is 5.99. The molecular formula is C23H27N7O2. The summed E-state index contributed by atoms with van der Waals surface area (Å²) in [5.41, 5.74) is 8.19. The molecule has 1 amide bonds. The molecule has 0 bridgehead atoms. The summed E-state index contributed by atoms with van der Waals surface area (Å²) < 4.78 is 5.67. The molecule has 3 heterocycles. The van der Waals surface area contributed by atoms with Crippen LogP contribution in [0, 0.1) is 0 Å². The van der Waals surface area contributed by atoms with Gasteiger partial charge in [0.05, 0.1) is 35.4 Å². The molecule has 1 fully saturated rings. The van der Waals surface area contributed by atoms with Crippen molar-refractivity contribution in [2.75, 3.05) is 48.3 Å². The molecule has 1 aromatic carbocycles. The number of hydrogen-bond acceptors (Lipinski definition) is 8. The van der Waals surface area contributed by atoms with E-state index in [0.29, 0.717) is 29.7 Å². The first-order chi connectivity index (χ1) is 15.6. The van der Waals surface area contributed by atoms with E-state index < -0.39 is 5.91 Å². The molecule has 9 heteroatoms. The van der Waals surface area contributed by atoms with Crippen molar-refractivity contribution in [2.45, 2.75) is 6.92 Å². The predicted molar refractivity (Wildman–Crippen MR) is 126 cm³/mol. The highest BCUT2D eigenvalue weighted by Crippen LogP contribution is 2.30. The number of nitrogens with one attached hydrogen (secondary N) is 3. The minimum absolute atomic E-state index is 0.281. The van der Waals surface area contributed by atoms with Gasteiger partial charge in [-0.2, -0.15) is 0 Å². The summed E-state index contributed by atoms with van der Waals surface area (Å²) in [5.74, 6) is 1.30. The molecule has 4 rings (SSSR count). The fourth-order valence-electron chi connectivity index (χ4n) is 3.52. The number of para-hydroxylation sites is 2. The van der Waals surface area contributed by atoms with Crippen LogP contribution in [0.3, 0.4) is 0 Å². The van der Waals surface area contributed by atoms with Gasteiger partial charge in [-0.15, -0.1) is 0 Å². The molecular weight excluding hydrogens is 406 g/mol. The Morgan fingerprint density at radius 3 is 2.56 bits per heavy atom. The van der Waals surface area contributed by atoms with Crippen LogP contribution in [0.15, 0.2) is 54.9 Å². The van der Waals surface area contributed by atoms with Crippen molar-refractivity contribution in [3.63, 3.8) is 0 Å². The minimum atomic E-state index is -0.570. The van der Waals surface area contributed by atoms with Crippen molar-refractivity contribution in [2.24, 2.45) is 5.73 Å². The van der Waals surface area contributed by atoms with E-state index in [-0.39, 0.29) is 5.56 Å². The molecule has 1 aliphatic rings. The maximum absolute atomic E-state index is 11.9. The molecule has 9 nitrogen and oxygen atoms in total. The lowest BCUT2D eigenvalue weighted by Gasteiger charge is -2.29. The van der Waals surface area contributed by atoms with Crippen molar-refractivity contribution in [1.29, 1.82) is 0 Å². The van der Waals surface area contributed by atoms with Gasteiger partial charge < -0.3 is 31.3 Å². The number of benzene rings is 1. The zero-order valence-electron chi connectivity index (χ0n) is 18.0. The third-order valence-electron chi connectivity index (χ3n) is 5.11. The smallest absolute Gasteiger partial charge is 0.252 e. The summed E-state index contributed by atoms with van der Waals surface area (Å²) in [4.78, 5) is 23.1. The van der Waals surface area contributed by atoms with E-state index in [9.17, 15) is 4.79 Å². The number of carbonyl (C=O) groups excluding carboxylic acids is 1. The average molecular weight is 434 g/mol. The maximum Gasteiger partial charge on any atom is 0.252 e. The first kappa shape index (κ1) is 21.4. The molecule has 32 heavy (non-hydrogen) atoms. The van der Waals surface area contributed by atoms with Crippen LogP contribution in [0.4, 0.5) is 28.7 Å². The third-order valence-corrected chi connectivity index (χ3v) is 5.11. The van der Waals surface area contributed by atoms with Crippen molar-refractivity contribution >= 4 is 34.6 Å². The van der Waals surface area contributed by atoms with Crippen LogP contribution in [-0.4, -0.2) is 48.7 Å². The van der Waals surface area contributed by atoms with E-state index in [1.54, 1.807) is 6.07 Å². The summed E-state index contributed by atoms with van der Waals surface area (Å²) in [7, 11) is 0. The summed E-state index contributed by atoms with van der Waals surface area (Å²) in [5, 5.41) is 9.78. The van der Waals surface area contributed by atoms with E-state index in [1.807, 2.05) is 49.5 Å². The Kier molecular flexibility index (Phi) is 6.66. The Bertz CT molecular complexity index is 1070. The number of pyridine rings is 2. The number of nitrogens with zero attached hydrogens (tertiary/aromatic N) is 3. The number of primary amides is 1. The first-order valence-electron chi connectivity index (χ1n) is 10.6. The third kappa shape index (κ3) is 5.06. The number of piperazine rings is 1.